The molecule has 1 aliphatic heterocycles. The fourth-order valence-electron chi connectivity index (χ4n) is 2.55. The van der Waals surface area contributed by atoms with Crippen molar-refractivity contribution in [2.24, 2.45) is 0 Å². The van der Waals surface area contributed by atoms with Crippen molar-refractivity contribution in [3.05, 3.63) is 64.2 Å². The number of hydrogen-bond donors (Lipinski definition) is 0. The van der Waals surface area contributed by atoms with Gasteiger partial charge >= 0.3 is 5.97 Å². The van der Waals surface area contributed by atoms with Crippen molar-refractivity contribution in [2.45, 2.75) is 13.0 Å². The molecule has 3 rings (SSSR count). The third kappa shape index (κ3) is 3.97. The van der Waals surface area contributed by atoms with E-state index in [0.717, 1.165) is 0 Å². The number of para-hydroxylation sites is 2. The van der Waals surface area contributed by atoms with E-state index in [1.165, 1.54) is 29.2 Å². The van der Waals surface area contributed by atoms with Crippen LogP contribution in [0.4, 0.5) is 11.4 Å². The molecule has 0 unspecified atom stereocenters. The van der Waals surface area contributed by atoms with E-state index in [4.69, 9.17) is 9.47 Å². The number of benzene rings is 2. The molecule has 0 atom stereocenters. The average Bonchev–Trinajstić information content (AvgIpc) is 2.66. The number of esters is 1. The van der Waals surface area contributed by atoms with E-state index in [-0.39, 0.29) is 37.8 Å². The first-order chi connectivity index (χ1) is 12.5. The lowest BCUT2D eigenvalue weighted by Crippen LogP contribution is -2.40. The van der Waals surface area contributed by atoms with Crippen molar-refractivity contribution >= 4 is 23.3 Å². The quantitative estimate of drug-likeness (QED) is 0.448. The molecular weight excluding hydrogens is 340 g/mol. The summed E-state index contributed by atoms with van der Waals surface area (Å²) in [7, 11) is 0. The van der Waals surface area contributed by atoms with Crippen LogP contribution in [0.2, 0.25) is 0 Å². The minimum atomic E-state index is -0.493. The van der Waals surface area contributed by atoms with Crippen molar-refractivity contribution < 1.29 is 24.0 Å². The van der Waals surface area contributed by atoms with Crippen LogP contribution < -0.4 is 9.64 Å². The van der Waals surface area contributed by atoms with E-state index >= 15 is 0 Å². The second kappa shape index (κ2) is 7.64. The van der Waals surface area contributed by atoms with Crippen LogP contribution in [-0.2, 0) is 20.9 Å². The van der Waals surface area contributed by atoms with Gasteiger partial charge in [-0.3, -0.25) is 19.7 Å². The molecule has 0 saturated carbocycles. The van der Waals surface area contributed by atoms with Crippen molar-refractivity contribution in [2.75, 3.05) is 18.1 Å². The summed E-state index contributed by atoms with van der Waals surface area (Å²) in [5.41, 5.74) is 1.26. The standard InChI is InChI=1S/C18H16N2O6/c21-17-12-25-16-4-2-1-3-15(16)19(17)10-9-18(22)26-11-13-5-7-14(8-6-13)20(23)24/h1-8H,9-12H2. The molecule has 26 heavy (non-hydrogen) atoms. The molecule has 1 amide bonds. The smallest absolute Gasteiger partial charge is 0.307 e. The van der Waals surface area contributed by atoms with Crippen molar-refractivity contribution in [3.63, 3.8) is 0 Å². The van der Waals surface area contributed by atoms with Crippen LogP contribution in [0.5, 0.6) is 5.75 Å². The van der Waals surface area contributed by atoms with Gasteiger partial charge in [-0.1, -0.05) is 12.1 Å². The van der Waals surface area contributed by atoms with Crippen molar-refractivity contribution in [3.8, 4) is 5.75 Å². The summed E-state index contributed by atoms with van der Waals surface area (Å²) in [6.07, 6.45) is 0.0348. The number of ether oxygens (including phenoxy) is 2. The van der Waals surface area contributed by atoms with E-state index in [9.17, 15) is 19.7 Å². The molecule has 0 aromatic heterocycles. The Kier molecular flexibility index (Phi) is 5.12. The zero-order chi connectivity index (χ0) is 18.5. The number of nitrogens with zero attached hydrogens (tertiary/aromatic N) is 2. The van der Waals surface area contributed by atoms with E-state index in [0.29, 0.717) is 17.0 Å². The van der Waals surface area contributed by atoms with Crippen LogP contribution in [-0.4, -0.2) is 30.0 Å². The van der Waals surface area contributed by atoms with Gasteiger partial charge in [0.15, 0.2) is 6.61 Å². The third-order valence-corrected chi connectivity index (χ3v) is 3.89. The zero-order valence-corrected chi connectivity index (χ0v) is 13.8. The molecule has 0 N–H and O–H groups in total. The molecule has 1 heterocycles. The highest BCUT2D eigenvalue weighted by molar-refractivity contribution is 5.98. The molecule has 0 bridgehead atoms. The fourth-order valence-corrected chi connectivity index (χ4v) is 2.55. The number of rotatable bonds is 6. The Balaban J connectivity index is 1.53. The molecule has 0 aliphatic carbocycles. The second-order valence-electron chi connectivity index (χ2n) is 5.64. The minimum absolute atomic E-state index is 0.0183. The molecule has 134 valence electrons. The molecule has 1 aliphatic rings. The first kappa shape index (κ1) is 17.4. The van der Waals surface area contributed by atoms with Crippen LogP contribution in [0, 0.1) is 10.1 Å². The van der Waals surface area contributed by atoms with E-state index in [1.807, 2.05) is 6.07 Å². The number of amides is 1. The summed E-state index contributed by atoms with van der Waals surface area (Å²) in [5, 5.41) is 10.6. The summed E-state index contributed by atoms with van der Waals surface area (Å²) in [6, 6.07) is 12.9. The Bertz CT molecular complexity index is 834. The van der Waals surface area contributed by atoms with Gasteiger partial charge in [-0.05, 0) is 29.8 Å². The topological polar surface area (TPSA) is 99.0 Å². The Morgan fingerprint density at radius 2 is 1.92 bits per heavy atom. The van der Waals surface area contributed by atoms with Gasteiger partial charge < -0.3 is 14.4 Å². The summed E-state index contributed by atoms with van der Waals surface area (Å²) >= 11 is 0. The third-order valence-electron chi connectivity index (χ3n) is 3.89. The lowest BCUT2D eigenvalue weighted by Gasteiger charge is -2.28. The Morgan fingerprint density at radius 3 is 2.65 bits per heavy atom. The number of carbonyl (C=O) groups excluding carboxylic acids is 2. The van der Waals surface area contributed by atoms with Crippen LogP contribution in [0.1, 0.15) is 12.0 Å². The molecule has 0 radical (unpaired) electrons. The molecule has 2 aromatic rings. The summed E-state index contributed by atoms with van der Waals surface area (Å²) in [6.45, 7) is 0.150. The molecule has 8 nitrogen and oxygen atoms in total. The Labute approximate surface area is 149 Å². The van der Waals surface area contributed by atoms with Gasteiger partial charge in [0, 0.05) is 18.7 Å². The normalized spacial score (nSPS) is 12.9. The molecule has 0 fully saturated rings. The maximum absolute atomic E-state index is 12.0. The molecule has 0 saturated heterocycles. The highest BCUT2D eigenvalue weighted by Crippen LogP contribution is 2.31. The van der Waals surface area contributed by atoms with Crippen molar-refractivity contribution in [1.29, 1.82) is 0 Å². The maximum atomic E-state index is 12.0. The number of carbonyl (C=O) groups is 2. The largest absolute Gasteiger partial charge is 0.482 e. The highest BCUT2D eigenvalue weighted by atomic mass is 16.6. The predicted molar refractivity (Wildman–Crippen MR) is 91.8 cm³/mol. The number of non-ortho nitro benzene ring substituents is 1. The fraction of sp³-hybridized carbons (Fsp3) is 0.222. The Hall–Kier alpha value is -3.42. The van der Waals surface area contributed by atoms with Gasteiger partial charge in [-0.25, -0.2) is 0 Å². The molecular formula is C18H16N2O6. The van der Waals surface area contributed by atoms with Gasteiger partial charge in [0.25, 0.3) is 11.6 Å². The predicted octanol–water partition coefficient (Wildman–Crippen LogP) is 2.45. The first-order valence-electron chi connectivity index (χ1n) is 7.96. The van der Waals surface area contributed by atoms with Crippen LogP contribution in [0.15, 0.2) is 48.5 Å². The summed E-state index contributed by atoms with van der Waals surface area (Å²) < 4.78 is 10.5. The van der Waals surface area contributed by atoms with Crippen LogP contribution in [0.3, 0.4) is 0 Å². The van der Waals surface area contributed by atoms with Gasteiger partial charge in [0.1, 0.15) is 12.4 Å². The highest BCUT2D eigenvalue weighted by Gasteiger charge is 2.25. The van der Waals surface area contributed by atoms with E-state index in [2.05, 4.69) is 0 Å². The molecule has 8 heteroatoms. The van der Waals surface area contributed by atoms with Crippen LogP contribution >= 0.6 is 0 Å². The molecule has 0 spiro atoms. The number of nitro groups is 1. The number of fused-ring (bicyclic) bond motifs is 1. The summed E-state index contributed by atoms with van der Waals surface area (Å²) in [4.78, 5) is 35.6. The van der Waals surface area contributed by atoms with Gasteiger partial charge in [-0.15, -0.1) is 0 Å². The maximum Gasteiger partial charge on any atom is 0.307 e. The van der Waals surface area contributed by atoms with Crippen LogP contribution in [0.25, 0.3) is 0 Å². The summed E-state index contributed by atoms with van der Waals surface area (Å²) in [5.74, 6) is -0.0710. The lowest BCUT2D eigenvalue weighted by atomic mass is 10.2. The van der Waals surface area contributed by atoms with Gasteiger partial charge in [0.05, 0.1) is 17.0 Å². The average molecular weight is 356 g/mol. The first-order valence-corrected chi connectivity index (χ1v) is 7.96. The van der Waals surface area contributed by atoms with Gasteiger partial charge in [0.2, 0.25) is 0 Å². The Morgan fingerprint density at radius 1 is 1.19 bits per heavy atom. The van der Waals surface area contributed by atoms with Gasteiger partial charge in [-0.2, -0.15) is 0 Å². The zero-order valence-electron chi connectivity index (χ0n) is 13.8. The minimum Gasteiger partial charge on any atom is -0.482 e. The van der Waals surface area contributed by atoms with E-state index < -0.39 is 10.9 Å². The van der Waals surface area contributed by atoms with Crippen molar-refractivity contribution in [1.82, 2.24) is 0 Å². The number of anilines is 1. The lowest BCUT2D eigenvalue weighted by molar-refractivity contribution is -0.384. The number of hydrogen-bond acceptors (Lipinski definition) is 6. The molecule has 2 aromatic carbocycles. The monoisotopic (exact) mass is 356 g/mol. The number of nitro benzene ring substituents is 1. The second-order valence-corrected chi connectivity index (χ2v) is 5.64. The SMILES string of the molecule is O=C(CCN1C(=O)COc2ccccc21)OCc1ccc([N+](=O)[O-])cc1. The van der Waals surface area contributed by atoms with E-state index in [1.54, 1.807) is 18.2 Å².